The maximum Gasteiger partial charge on any atom is 0.276 e. The fraction of sp³-hybridized carbons (Fsp3) is 0.533. The number of H-pyrrole nitrogens is 1. The van der Waals surface area contributed by atoms with Gasteiger partial charge >= 0.3 is 0 Å². The van der Waals surface area contributed by atoms with E-state index in [-0.39, 0.29) is 11.5 Å². The Morgan fingerprint density at radius 3 is 2.95 bits per heavy atom. The first kappa shape index (κ1) is 13.9. The summed E-state index contributed by atoms with van der Waals surface area (Å²) in [4.78, 5) is 15.7. The summed E-state index contributed by atoms with van der Waals surface area (Å²) in [5.74, 6) is -0.0386. The van der Waals surface area contributed by atoms with Gasteiger partial charge in [0.25, 0.3) is 5.91 Å². The van der Waals surface area contributed by atoms with Crippen LogP contribution in [0.4, 0.5) is 0 Å². The summed E-state index contributed by atoms with van der Waals surface area (Å²) < 4.78 is 6.17. The van der Waals surface area contributed by atoms with Gasteiger partial charge in [-0.25, -0.2) is 0 Å². The van der Waals surface area contributed by atoms with Gasteiger partial charge in [-0.1, -0.05) is 0 Å². The largest absolute Gasteiger partial charge is 0.369 e. The molecule has 1 amide bonds. The molecule has 0 atom stereocenters. The minimum atomic E-state index is -0.183. The summed E-state index contributed by atoms with van der Waals surface area (Å²) in [5.41, 5.74) is 2.32. The Morgan fingerprint density at radius 1 is 1.41 bits per heavy atom. The highest BCUT2D eigenvalue weighted by Crippen LogP contribution is 2.44. The number of aryl methyl sites for hydroxylation is 1. The quantitative estimate of drug-likeness (QED) is 0.871. The number of aromatic amines is 1. The number of fused-ring (bicyclic) bond motifs is 2. The number of carbonyl (C=O) groups excluding carboxylic acids is 1. The van der Waals surface area contributed by atoms with Crippen LogP contribution < -0.4 is 0 Å². The van der Waals surface area contributed by atoms with Gasteiger partial charge in [-0.3, -0.25) is 4.79 Å². The zero-order valence-electron chi connectivity index (χ0n) is 12.5. The second-order valence-electron chi connectivity index (χ2n) is 5.92. The lowest BCUT2D eigenvalue weighted by molar-refractivity contribution is -0.0906. The Balaban J connectivity index is 1.52. The number of rotatable bonds is 1. The van der Waals surface area contributed by atoms with Gasteiger partial charge in [-0.05, 0) is 43.2 Å². The predicted octanol–water partition coefficient (Wildman–Crippen LogP) is 1.88. The van der Waals surface area contributed by atoms with Gasteiger partial charge in [-0.15, -0.1) is 11.3 Å². The van der Waals surface area contributed by atoms with E-state index in [0.717, 1.165) is 25.9 Å². The summed E-state index contributed by atoms with van der Waals surface area (Å²) >= 11 is 1.78. The van der Waals surface area contributed by atoms with E-state index in [2.05, 4.69) is 26.9 Å². The van der Waals surface area contributed by atoms with E-state index < -0.39 is 0 Å². The number of nitrogens with one attached hydrogen (secondary N) is 1. The van der Waals surface area contributed by atoms with E-state index >= 15 is 0 Å². The zero-order chi connectivity index (χ0) is 15.2. The summed E-state index contributed by atoms with van der Waals surface area (Å²) in [6.07, 6.45) is 2.70. The van der Waals surface area contributed by atoms with Crippen molar-refractivity contribution >= 4 is 17.2 Å². The van der Waals surface area contributed by atoms with Crippen molar-refractivity contribution in [2.75, 3.05) is 19.7 Å². The van der Waals surface area contributed by atoms with Crippen molar-refractivity contribution in [2.45, 2.75) is 31.8 Å². The van der Waals surface area contributed by atoms with Crippen LogP contribution in [0.5, 0.6) is 0 Å². The Morgan fingerprint density at radius 2 is 2.23 bits per heavy atom. The average Bonchev–Trinajstić information content (AvgIpc) is 3.17. The van der Waals surface area contributed by atoms with Crippen LogP contribution in [0.1, 0.15) is 39.5 Å². The molecule has 0 saturated carbocycles. The first-order chi connectivity index (χ1) is 10.7. The molecule has 6 nitrogen and oxygen atoms in total. The van der Waals surface area contributed by atoms with Crippen molar-refractivity contribution in [3.8, 4) is 0 Å². The summed E-state index contributed by atoms with van der Waals surface area (Å²) in [6, 6.07) is 2.21. The van der Waals surface area contributed by atoms with Gasteiger partial charge in [0.05, 0.1) is 12.3 Å². The molecule has 2 aliphatic rings. The van der Waals surface area contributed by atoms with Gasteiger partial charge in [0.2, 0.25) is 0 Å². The first-order valence-electron chi connectivity index (χ1n) is 7.57. The lowest BCUT2D eigenvalue weighted by Gasteiger charge is -2.43. The van der Waals surface area contributed by atoms with E-state index in [1.165, 1.54) is 10.4 Å². The number of piperidine rings is 1. The number of hydrogen-bond donors (Lipinski definition) is 1. The molecule has 0 aliphatic carbocycles. The normalized spacial score (nSPS) is 20.1. The molecule has 2 aromatic rings. The molecule has 0 unspecified atom stereocenters. The van der Waals surface area contributed by atoms with Crippen molar-refractivity contribution in [2.24, 2.45) is 0 Å². The molecule has 1 saturated heterocycles. The lowest BCUT2D eigenvalue weighted by Crippen LogP contribution is -2.48. The maximum atomic E-state index is 12.5. The third-order valence-electron chi connectivity index (χ3n) is 4.69. The highest BCUT2D eigenvalue weighted by Gasteiger charge is 2.43. The minimum absolute atomic E-state index is 0.0386. The van der Waals surface area contributed by atoms with Crippen molar-refractivity contribution in [3.63, 3.8) is 0 Å². The smallest absolute Gasteiger partial charge is 0.276 e. The molecule has 2 aliphatic heterocycles. The Hall–Kier alpha value is -1.73. The minimum Gasteiger partial charge on any atom is -0.369 e. The van der Waals surface area contributed by atoms with Crippen molar-refractivity contribution < 1.29 is 9.53 Å². The van der Waals surface area contributed by atoms with E-state index in [1.54, 1.807) is 18.3 Å². The van der Waals surface area contributed by atoms with Gasteiger partial charge in [0, 0.05) is 18.0 Å². The molecule has 4 rings (SSSR count). The van der Waals surface area contributed by atoms with Crippen molar-refractivity contribution in [3.05, 3.63) is 33.3 Å². The SMILES string of the molecule is Cc1n[nH]nc1C(=O)N1CCC2(CC1)OCCc1ccsc12. The zero-order valence-corrected chi connectivity index (χ0v) is 13.3. The second kappa shape index (κ2) is 5.17. The number of amides is 1. The summed E-state index contributed by atoms with van der Waals surface area (Å²) in [7, 11) is 0. The monoisotopic (exact) mass is 318 g/mol. The molecule has 1 spiro atoms. The fourth-order valence-corrected chi connectivity index (χ4v) is 4.60. The molecule has 0 bridgehead atoms. The number of ether oxygens (including phenoxy) is 1. The van der Waals surface area contributed by atoms with Gasteiger partial charge in [0.15, 0.2) is 5.69 Å². The highest BCUT2D eigenvalue weighted by atomic mass is 32.1. The Labute approximate surface area is 132 Å². The molecule has 4 heterocycles. The molecule has 22 heavy (non-hydrogen) atoms. The number of aromatic nitrogens is 3. The van der Waals surface area contributed by atoms with E-state index in [9.17, 15) is 4.79 Å². The number of carbonyl (C=O) groups is 1. The van der Waals surface area contributed by atoms with Gasteiger partial charge in [-0.2, -0.15) is 15.4 Å². The first-order valence-corrected chi connectivity index (χ1v) is 8.45. The highest BCUT2D eigenvalue weighted by molar-refractivity contribution is 7.10. The van der Waals surface area contributed by atoms with E-state index in [1.807, 2.05) is 4.90 Å². The third-order valence-corrected chi connectivity index (χ3v) is 5.84. The Kier molecular flexibility index (Phi) is 3.27. The van der Waals surface area contributed by atoms with Crippen molar-refractivity contribution in [1.29, 1.82) is 0 Å². The number of thiophene rings is 1. The fourth-order valence-electron chi connectivity index (χ4n) is 3.43. The van der Waals surface area contributed by atoms with E-state index in [4.69, 9.17) is 4.74 Å². The summed E-state index contributed by atoms with van der Waals surface area (Å²) in [6.45, 7) is 3.97. The topological polar surface area (TPSA) is 71.1 Å². The predicted molar refractivity (Wildman–Crippen MR) is 81.9 cm³/mol. The summed E-state index contributed by atoms with van der Waals surface area (Å²) in [5, 5.41) is 12.6. The van der Waals surface area contributed by atoms with Crippen LogP contribution in [-0.4, -0.2) is 45.9 Å². The van der Waals surface area contributed by atoms with Crippen LogP contribution >= 0.6 is 11.3 Å². The van der Waals surface area contributed by atoms with E-state index in [0.29, 0.717) is 24.5 Å². The van der Waals surface area contributed by atoms with Gasteiger partial charge in [0.1, 0.15) is 5.60 Å². The number of nitrogens with zero attached hydrogens (tertiary/aromatic N) is 3. The number of hydrogen-bond acceptors (Lipinski definition) is 5. The van der Waals surface area contributed by atoms with Crippen LogP contribution in [0.15, 0.2) is 11.4 Å². The van der Waals surface area contributed by atoms with Crippen LogP contribution in [0, 0.1) is 6.92 Å². The molecular weight excluding hydrogens is 300 g/mol. The molecule has 7 heteroatoms. The van der Waals surface area contributed by atoms with Gasteiger partial charge < -0.3 is 9.64 Å². The standard InChI is InChI=1S/C15H18N4O2S/c1-10-12(17-18-16-10)14(20)19-6-4-15(5-7-19)13-11(2-8-21-15)3-9-22-13/h3,9H,2,4-8H2,1H3,(H,16,17,18). The molecule has 2 aromatic heterocycles. The molecule has 116 valence electrons. The molecule has 1 N–H and O–H groups in total. The van der Waals surface area contributed by atoms with Crippen molar-refractivity contribution in [1.82, 2.24) is 20.3 Å². The second-order valence-corrected chi connectivity index (χ2v) is 6.83. The molecular formula is C15H18N4O2S. The lowest BCUT2D eigenvalue weighted by atomic mass is 9.85. The maximum absolute atomic E-state index is 12.5. The third kappa shape index (κ3) is 2.07. The average molecular weight is 318 g/mol. The molecule has 0 aromatic carbocycles. The Bertz CT molecular complexity index is 700. The molecule has 1 fully saturated rings. The molecule has 0 radical (unpaired) electrons. The van der Waals surface area contributed by atoms with Crippen LogP contribution in [0.25, 0.3) is 0 Å². The number of likely N-dealkylation sites (tertiary alicyclic amines) is 1. The van der Waals surface area contributed by atoms with Crippen LogP contribution in [-0.2, 0) is 16.8 Å². The van der Waals surface area contributed by atoms with Crippen LogP contribution in [0.3, 0.4) is 0 Å². The van der Waals surface area contributed by atoms with Crippen LogP contribution in [0.2, 0.25) is 0 Å².